The van der Waals surface area contributed by atoms with Gasteiger partial charge < -0.3 is 10.6 Å². The highest BCUT2D eigenvalue weighted by Crippen LogP contribution is 2.22. The molecule has 9 heteroatoms. The first-order valence-electron chi connectivity index (χ1n) is 8.56. The van der Waals surface area contributed by atoms with Crippen LogP contribution < -0.4 is 5.73 Å². The maximum Gasteiger partial charge on any atom is 0.276 e. The van der Waals surface area contributed by atoms with E-state index in [1.165, 1.54) is 0 Å². The third-order valence-electron chi connectivity index (χ3n) is 4.51. The van der Waals surface area contributed by atoms with Crippen LogP contribution in [-0.4, -0.2) is 50.9 Å². The molecule has 0 aliphatic carbocycles. The van der Waals surface area contributed by atoms with Gasteiger partial charge in [-0.25, -0.2) is 4.68 Å². The molecule has 1 aromatic carbocycles. The lowest BCUT2D eigenvalue weighted by Gasteiger charge is -2.28. The van der Waals surface area contributed by atoms with E-state index in [4.69, 9.17) is 5.73 Å². The van der Waals surface area contributed by atoms with Crippen LogP contribution in [0.1, 0.15) is 30.0 Å². The SMILES string of the molecule is Cc1c(C(=O)N(C)CC(C)(C)CN)nnn1-c1cccc2ncccc12.Cl.Cl. The Bertz CT molecular complexity index is 951. The van der Waals surface area contributed by atoms with Crippen molar-refractivity contribution in [3.8, 4) is 5.69 Å². The lowest BCUT2D eigenvalue weighted by atomic mass is 9.93. The minimum atomic E-state index is -0.159. The van der Waals surface area contributed by atoms with Gasteiger partial charge in [-0.15, -0.1) is 29.9 Å². The summed E-state index contributed by atoms with van der Waals surface area (Å²) in [4.78, 5) is 18.8. The molecule has 2 N–H and O–H groups in total. The predicted molar refractivity (Wildman–Crippen MR) is 116 cm³/mol. The van der Waals surface area contributed by atoms with Crippen LogP contribution in [0.2, 0.25) is 0 Å². The van der Waals surface area contributed by atoms with E-state index >= 15 is 0 Å². The van der Waals surface area contributed by atoms with E-state index in [1.54, 1.807) is 22.8 Å². The highest BCUT2D eigenvalue weighted by molar-refractivity contribution is 5.94. The van der Waals surface area contributed by atoms with Crippen molar-refractivity contribution >= 4 is 41.6 Å². The van der Waals surface area contributed by atoms with Crippen molar-refractivity contribution in [2.24, 2.45) is 11.1 Å². The monoisotopic (exact) mass is 424 g/mol. The normalized spacial score (nSPS) is 10.9. The van der Waals surface area contributed by atoms with Gasteiger partial charge in [-0.1, -0.05) is 25.1 Å². The predicted octanol–water partition coefficient (Wildman–Crippen LogP) is 3.02. The van der Waals surface area contributed by atoms with Gasteiger partial charge in [-0.05, 0) is 43.1 Å². The topological polar surface area (TPSA) is 89.9 Å². The maximum absolute atomic E-state index is 12.8. The molecule has 0 radical (unpaired) electrons. The van der Waals surface area contributed by atoms with E-state index in [0.29, 0.717) is 24.5 Å². The Morgan fingerprint density at radius 3 is 2.61 bits per heavy atom. The second-order valence-electron chi connectivity index (χ2n) is 7.31. The van der Waals surface area contributed by atoms with Gasteiger partial charge >= 0.3 is 0 Å². The first-order chi connectivity index (χ1) is 12.3. The number of hydrogen-bond donors (Lipinski definition) is 1. The van der Waals surface area contributed by atoms with Crippen molar-refractivity contribution in [1.29, 1.82) is 0 Å². The second-order valence-corrected chi connectivity index (χ2v) is 7.31. The van der Waals surface area contributed by atoms with E-state index in [1.807, 2.05) is 51.1 Å². The molecule has 3 aromatic rings. The molecule has 1 amide bonds. The van der Waals surface area contributed by atoms with Crippen molar-refractivity contribution in [3.63, 3.8) is 0 Å². The van der Waals surface area contributed by atoms with Crippen molar-refractivity contribution < 1.29 is 4.79 Å². The molecule has 2 heterocycles. The fourth-order valence-corrected chi connectivity index (χ4v) is 2.99. The molecule has 0 fully saturated rings. The van der Waals surface area contributed by atoms with Gasteiger partial charge in [0.05, 0.1) is 16.9 Å². The van der Waals surface area contributed by atoms with Gasteiger partial charge in [0.15, 0.2) is 5.69 Å². The Labute approximate surface area is 177 Å². The number of amides is 1. The molecule has 152 valence electrons. The van der Waals surface area contributed by atoms with Crippen LogP contribution in [0, 0.1) is 12.3 Å². The van der Waals surface area contributed by atoms with Crippen molar-refractivity contribution in [2.45, 2.75) is 20.8 Å². The van der Waals surface area contributed by atoms with Gasteiger partial charge in [0, 0.05) is 25.2 Å². The van der Waals surface area contributed by atoms with Crippen LogP contribution in [-0.2, 0) is 0 Å². The number of halogens is 2. The molecule has 0 unspecified atom stereocenters. The summed E-state index contributed by atoms with van der Waals surface area (Å²) in [6.45, 7) is 6.96. The van der Waals surface area contributed by atoms with E-state index in [0.717, 1.165) is 16.6 Å². The Morgan fingerprint density at radius 1 is 1.21 bits per heavy atom. The molecule has 0 saturated heterocycles. The Hall–Kier alpha value is -2.22. The summed E-state index contributed by atoms with van der Waals surface area (Å²) in [6, 6.07) is 9.67. The maximum atomic E-state index is 12.8. The number of fused-ring (bicyclic) bond motifs is 1. The van der Waals surface area contributed by atoms with Crippen molar-refractivity contribution in [1.82, 2.24) is 24.9 Å². The first-order valence-corrected chi connectivity index (χ1v) is 8.56. The van der Waals surface area contributed by atoms with E-state index in [2.05, 4.69) is 15.3 Å². The summed E-state index contributed by atoms with van der Waals surface area (Å²) in [5.74, 6) is -0.159. The van der Waals surface area contributed by atoms with Crippen LogP contribution in [0.4, 0.5) is 0 Å². The van der Waals surface area contributed by atoms with E-state index in [9.17, 15) is 4.79 Å². The highest BCUT2D eigenvalue weighted by Gasteiger charge is 2.26. The number of nitrogens with two attached hydrogens (primary N) is 1. The highest BCUT2D eigenvalue weighted by atomic mass is 35.5. The largest absolute Gasteiger partial charge is 0.340 e. The summed E-state index contributed by atoms with van der Waals surface area (Å²) in [7, 11) is 1.76. The van der Waals surface area contributed by atoms with E-state index < -0.39 is 0 Å². The van der Waals surface area contributed by atoms with Crippen LogP contribution >= 0.6 is 24.8 Å². The minimum absolute atomic E-state index is 0. The van der Waals surface area contributed by atoms with Crippen molar-refractivity contribution in [2.75, 3.05) is 20.1 Å². The number of pyridine rings is 1. The molecule has 0 aliphatic rings. The smallest absolute Gasteiger partial charge is 0.276 e. The summed E-state index contributed by atoms with van der Waals surface area (Å²) in [5.41, 5.74) is 8.39. The summed E-state index contributed by atoms with van der Waals surface area (Å²) in [5, 5.41) is 9.33. The number of carbonyl (C=O) groups is 1. The number of carbonyl (C=O) groups excluding carboxylic acids is 1. The standard InChI is InChI=1S/C19H24N6O.2ClH/c1-13-17(18(26)24(4)12-19(2,3)11-20)22-23-25(13)16-9-5-8-15-14(16)7-6-10-21-15;;/h5-10H,11-12,20H2,1-4H3;2*1H. The Morgan fingerprint density at radius 2 is 1.93 bits per heavy atom. The average molecular weight is 425 g/mol. The number of aromatic nitrogens is 4. The number of hydrogen-bond acceptors (Lipinski definition) is 5. The Balaban J connectivity index is 0.00000196. The summed E-state index contributed by atoms with van der Waals surface area (Å²) < 4.78 is 1.69. The van der Waals surface area contributed by atoms with Crippen LogP contribution in [0.3, 0.4) is 0 Å². The number of rotatable bonds is 5. The van der Waals surface area contributed by atoms with Crippen LogP contribution in [0.5, 0.6) is 0 Å². The van der Waals surface area contributed by atoms with Crippen molar-refractivity contribution in [3.05, 3.63) is 47.9 Å². The zero-order chi connectivity index (χ0) is 18.9. The van der Waals surface area contributed by atoms with Gasteiger partial charge in [0.2, 0.25) is 0 Å². The second kappa shape index (κ2) is 9.32. The van der Waals surface area contributed by atoms with E-state index in [-0.39, 0.29) is 36.1 Å². The number of nitrogens with zero attached hydrogens (tertiary/aromatic N) is 5. The van der Waals surface area contributed by atoms with Gasteiger partial charge in [0.1, 0.15) is 0 Å². The molecule has 2 aromatic heterocycles. The molecule has 0 saturated carbocycles. The molecule has 7 nitrogen and oxygen atoms in total. The van der Waals surface area contributed by atoms with Gasteiger partial charge in [0.25, 0.3) is 5.91 Å². The molecular formula is C19H26Cl2N6O. The summed E-state index contributed by atoms with van der Waals surface area (Å²) in [6.07, 6.45) is 1.75. The fraction of sp³-hybridized carbons (Fsp3) is 0.368. The zero-order valence-electron chi connectivity index (χ0n) is 16.4. The third kappa shape index (κ3) is 4.60. The molecule has 0 aliphatic heterocycles. The number of benzene rings is 1. The van der Waals surface area contributed by atoms with Crippen LogP contribution in [0.25, 0.3) is 16.6 Å². The van der Waals surface area contributed by atoms with Gasteiger partial charge in [-0.3, -0.25) is 9.78 Å². The molecule has 28 heavy (non-hydrogen) atoms. The molecule has 3 rings (SSSR count). The lowest BCUT2D eigenvalue weighted by Crippen LogP contribution is -2.40. The molecule has 0 atom stereocenters. The quantitative estimate of drug-likeness (QED) is 0.679. The Kier molecular flexibility index (Phi) is 7.93. The minimum Gasteiger partial charge on any atom is -0.340 e. The third-order valence-corrected chi connectivity index (χ3v) is 4.51. The molecule has 0 bridgehead atoms. The summed E-state index contributed by atoms with van der Waals surface area (Å²) >= 11 is 0. The molecular weight excluding hydrogens is 399 g/mol. The lowest BCUT2D eigenvalue weighted by molar-refractivity contribution is 0.0734. The first kappa shape index (κ1) is 23.8. The van der Waals surface area contributed by atoms with Gasteiger partial charge in [-0.2, -0.15) is 0 Å². The zero-order valence-corrected chi connectivity index (χ0v) is 18.0. The average Bonchev–Trinajstić information content (AvgIpc) is 3.01. The fourth-order valence-electron chi connectivity index (χ4n) is 2.99. The van der Waals surface area contributed by atoms with Crippen LogP contribution in [0.15, 0.2) is 36.5 Å². The molecule has 0 spiro atoms.